The Morgan fingerprint density at radius 1 is 1.07 bits per heavy atom. The molecule has 2 aromatic carbocycles. The van der Waals surface area contributed by atoms with Gasteiger partial charge >= 0.3 is 0 Å². The van der Waals surface area contributed by atoms with Crippen molar-refractivity contribution < 1.29 is 22.7 Å². The third-order valence-corrected chi connectivity index (χ3v) is 11.8. The van der Waals surface area contributed by atoms with E-state index in [1.807, 2.05) is 0 Å². The summed E-state index contributed by atoms with van der Waals surface area (Å²) in [6.45, 7) is 4.47. The molecule has 0 N–H and O–H groups in total. The minimum atomic E-state index is -3.97. The van der Waals surface area contributed by atoms with Gasteiger partial charge in [0.2, 0.25) is 15.9 Å². The van der Waals surface area contributed by atoms with E-state index < -0.39 is 21.3 Å². The van der Waals surface area contributed by atoms with E-state index in [4.69, 9.17) is 21.1 Å². The molecule has 3 saturated heterocycles. The number of hydrogen-bond donors (Lipinski definition) is 0. The lowest BCUT2D eigenvalue weighted by Crippen LogP contribution is -2.65. The van der Waals surface area contributed by atoms with E-state index in [0.717, 1.165) is 43.1 Å². The van der Waals surface area contributed by atoms with Gasteiger partial charge in [0.1, 0.15) is 0 Å². The van der Waals surface area contributed by atoms with Gasteiger partial charge in [-0.3, -0.25) is 9.69 Å². The Morgan fingerprint density at radius 2 is 1.83 bits per heavy atom. The van der Waals surface area contributed by atoms with Crippen LogP contribution in [0.4, 0.5) is 0 Å². The molecule has 1 aliphatic carbocycles. The van der Waals surface area contributed by atoms with Crippen LogP contribution in [-0.4, -0.2) is 92.2 Å². The lowest BCUT2D eigenvalue weighted by Gasteiger charge is -2.45. The minimum absolute atomic E-state index is 0.0330. The number of sulfonamides is 1. The van der Waals surface area contributed by atoms with E-state index in [0.29, 0.717) is 23.5 Å². The number of halogens is 1. The molecular formula is C32H42ClN3O5S. The summed E-state index contributed by atoms with van der Waals surface area (Å²) in [6, 6.07) is 10.8. The van der Waals surface area contributed by atoms with E-state index in [-0.39, 0.29) is 30.5 Å². The van der Waals surface area contributed by atoms with Gasteiger partial charge in [-0.25, -0.2) is 8.42 Å². The van der Waals surface area contributed by atoms with Crippen molar-refractivity contribution in [3.05, 3.63) is 53.6 Å². The lowest BCUT2D eigenvalue weighted by molar-refractivity contribution is -0.198. The number of amides is 1. The number of nitrogens with zero attached hydrogens (tertiary/aromatic N) is 3. The van der Waals surface area contributed by atoms with Crippen LogP contribution in [0.5, 0.6) is 0 Å². The molecule has 0 saturated carbocycles. The predicted octanol–water partition coefficient (Wildman–Crippen LogP) is 5.06. The highest BCUT2D eigenvalue weighted by Gasteiger charge is 2.61. The Balaban J connectivity index is 1.18. The second-order valence-corrected chi connectivity index (χ2v) is 14.9. The highest BCUT2D eigenvalue weighted by atomic mass is 35.5. The van der Waals surface area contributed by atoms with E-state index in [9.17, 15) is 13.2 Å². The second kappa shape index (κ2) is 11.8. The van der Waals surface area contributed by atoms with Gasteiger partial charge in [-0.15, -0.1) is 0 Å². The monoisotopic (exact) mass is 615 g/mol. The standard InChI is InChI=1S/C32H42ClN3O5S/c1-3-5-24-6-4-7-28(12-8-24)34-16-14-31(15-17-34)21-36-30(37)20-35(22-32(36,41-31)23-40-2)42(38,39)29-13-10-25-18-27(33)11-9-26(25)19-29/h4,6,9-11,13,18-19,24,28H,3,5,7-8,12,14-17,20-23H2,1-2H3. The number of likely N-dealkylation sites (tertiary alicyclic amines) is 1. The van der Waals surface area contributed by atoms with Crippen LogP contribution in [0, 0.1) is 5.92 Å². The van der Waals surface area contributed by atoms with Crippen LogP contribution in [0.15, 0.2) is 53.4 Å². The lowest BCUT2D eigenvalue weighted by atomic mass is 9.89. The number of allylic oxidation sites excluding steroid dienone is 1. The quantitative estimate of drug-likeness (QED) is 0.405. The number of rotatable bonds is 7. The molecular weight excluding hydrogens is 574 g/mol. The predicted molar refractivity (Wildman–Crippen MR) is 164 cm³/mol. The van der Waals surface area contributed by atoms with Gasteiger partial charge in [0.15, 0.2) is 5.72 Å². The summed E-state index contributed by atoms with van der Waals surface area (Å²) in [6.07, 6.45) is 12.4. The van der Waals surface area contributed by atoms with Crippen molar-refractivity contribution in [1.82, 2.24) is 14.1 Å². The number of ether oxygens (including phenoxy) is 2. The van der Waals surface area contributed by atoms with E-state index >= 15 is 0 Å². The Bertz CT molecular complexity index is 1460. The first-order chi connectivity index (χ1) is 20.2. The van der Waals surface area contributed by atoms with E-state index in [2.05, 4.69) is 24.0 Å². The maximum Gasteiger partial charge on any atom is 0.243 e. The normalized spacial score (nSPS) is 28.8. The molecule has 0 radical (unpaired) electrons. The Morgan fingerprint density at radius 3 is 2.60 bits per heavy atom. The summed E-state index contributed by atoms with van der Waals surface area (Å²) in [5.74, 6) is 0.446. The van der Waals surface area contributed by atoms with Gasteiger partial charge in [0.05, 0.1) is 36.7 Å². The number of piperazine rings is 1. The van der Waals surface area contributed by atoms with Crippen molar-refractivity contribution in [3.63, 3.8) is 0 Å². The summed E-state index contributed by atoms with van der Waals surface area (Å²) < 4.78 is 41.5. The van der Waals surface area contributed by atoms with Crippen molar-refractivity contribution in [2.45, 2.75) is 74.1 Å². The zero-order valence-electron chi connectivity index (χ0n) is 24.6. The van der Waals surface area contributed by atoms with Crippen LogP contribution in [0.1, 0.15) is 51.9 Å². The molecule has 2 aromatic rings. The van der Waals surface area contributed by atoms with Crippen molar-refractivity contribution >= 4 is 38.3 Å². The third-order valence-electron chi connectivity index (χ3n) is 9.73. The van der Waals surface area contributed by atoms with E-state index in [1.54, 1.807) is 48.4 Å². The molecule has 0 aromatic heterocycles. The minimum Gasteiger partial charge on any atom is -0.380 e. The fourth-order valence-electron chi connectivity index (χ4n) is 7.52. The van der Waals surface area contributed by atoms with Gasteiger partial charge in [0.25, 0.3) is 0 Å². The van der Waals surface area contributed by atoms with Crippen LogP contribution in [0.25, 0.3) is 10.8 Å². The summed E-state index contributed by atoms with van der Waals surface area (Å²) in [4.78, 5) is 18.1. The largest absolute Gasteiger partial charge is 0.380 e. The SMILES string of the molecule is CCCC1C=CCC(N2CCC3(CC2)CN2C(=O)CN(S(=O)(=O)c4ccc5cc(Cl)ccc5c4)CC2(COC)O3)CC1. The van der Waals surface area contributed by atoms with Crippen LogP contribution < -0.4 is 0 Å². The molecule has 3 fully saturated rings. The summed E-state index contributed by atoms with van der Waals surface area (Å²) >= 11 is 6.11. The molecule has 3 unspecified atom stereocenters. The van der Waals surface area contributed by atoms with Crippen LogP contribution in [0.2, 0.25) is 5.02 Å². The maximum absolute atomic E-state index is 13.9. The number of methoxy groups -OCH3 is 1. The smallest absolute Gasteiger partial charge is 0.243 e. The van der Waals surface area contributed by atoms with Crippen molar-refractivity contribution in [2.75, 3.05) is 46.4 Å². The summed E-state index contributed by atoms with van der Waals surface area (Å²) in [5.41, 5.74) is -1.65. The van der Waals surface area contributed by atoms with Crippen LogP contribution in [0.3, 0.4) is 0 Å². The Kier molecular flexibility index (Phi) is 8.45. The molecule has 3 heterocycles. The average Bonchev–Trinajstić information content (AvgIpc) is 3.10. The highest BCUT2D eigenvalue weighted by Crippen LogP contribution is 2.44. The fourth-order valence-corrected chi connectivity index (χ4v) is 9.17. The number of hydrogen-bond acceptors (Lipinski definition) is 6. The topological polar surface area (TPSA) is 79.4 Å². The molecule has 228 valence electrons. The molecule has 3 atom stereocenters. The van der Waals surface area contributed by atoms with Crippen molar-refractivity contribution in [3.8, 4) is 0 Å². The molecule has 1 spiro atoms. The molecule has 10 heteroatoms. The van der Waals surface area contributed by atoms with Gasteiger partial charge < -0.3 is 14.4 Å². The van der Waals surface area contributed by atoms with Gasteiger partial charge in [-0.1, -0.05) is 49.2 Å². The molecule has 8 nitrogen and oxygen atoms in total. The summed E-state index contributed by atoms with van der Waals surface area (Å²) in [7, 11) is -2.40. The number of carbonyl (C=O) groups is 1. The van der Waals surface area contributed by atoms with Gasteiger partial charge in [0, 0.05) is 31.3 Å². The van der Waals surface area contributed by atoms with Crippen LogP contribution in [-0.2, 0) is 24.3 Å². The molecule has 4 aliphatic rings. The Hall–Kier alpha value is -2.01. The van der Waals surface area contributed by atoms with Crippen molar-refractivity contribution in [1.29, 1.82) is 0 Å². The first-order valence-electron chi connectivity index (χ1n) is 15.3. The average molecular weight is 616 g/mol. The molecule has 3 aliphatic heterocycles. The number of fused-ring (bicyclic) bond motifs is 2. The highest BCUT2D eigenvalue weighted by molar-refractivity contribution is 7.89. The number of benzene rings is 2. The van der Waals surface area contributed by atoms with E-state index in [1.165, 1.54) is 30.0 Å². The molecule has 6 rings (SSSR count). The zero-order valence-corrected chi connectivity index (χ0v) is 26.2. The molecule has 0 bridgehead atoms. The second-order valence-electron chi connectivity index (χ2n) is 12.6. The molecule has 1 amide bonds. The summed E-state index contributed by atoms with van der Waals surface area (Å²) in [5, 5.41) is 2.21. The zero-order chi connectivity index (χ0) is 29.5. The third kappa shape index (κ3) is 5.64. The number of piperidine rings is 1. The maximum atomic E-state index is 13.9. The first kappa shape index (κ1) is 30.0. The fraction of sp³-hybridized carbons (Fsp3) is 0.594. The first-order valence-corrected chi connectivity index (χ1v) is 17.1. The Labute approximate surface area is 254 Å². The van der Waals surface area contributed by atoms with Gasteiger partial charge in [-0.05, 0) is 79.5 Å². The molecule has 42 heavy (non-hydrogen) atoms. The number of carbonyl (C=O) groups excluding carboxylic acids is 1. The van der Waals surface area contributed by atoms with Crippen LogP contribution >= 0.6 is 11.6 Å². The van der Waals surface area contributed by atoms with Gasteiger partial charge in [-0.2, -0.15) is 4.31 Å². The van der Waals surface area contributed by atoms with Crippen molar-refractivity contribution in [2.24, 2.45) is 5.92 Å².